The van der Waals surface area contributed by atoms with Gasteiger partial charge in [0.2, 0.25) is 0 Å². The summed E-state index contributed by atoms with van der Waals surface area (Å²) in [5.41, 5.74) is 0.546. The molecule has 1 aliphatic heterocycles. The molecule has 7 heteroatoms. The third-order valence-electron chi connectivity index (χ3n) is 4.18. The molecule has 0 saturated carbocycles. The van der Waals surface area contributed by atoms with Crippen LogP contribution in [0.1, 0.15) is 51.2 Å². The number of carbonyl (C=O) groups excluding carboxylic acids is 1. The van der Waals surface area contributed by atoms with E-state index >= 15 is 0 Å². The van der Waals surface area contributed by atoms with Crippen LogP contribution in [0.4, 0.5) is 23.7 Å². The van der Waals surface area contributed by atoms with Crippen LogP contribution in [0.15, 0.2) is 18.2 Å². The Morgan fingerprint density at radius 3 is 2.54 bits per heavy atom. The number of fused-ring (bicyclic) bond motifs is 1. The number of ether oxygens (including phenoxy) is 1. The third kappa shape index (κ3) is 3.66. The van der Waals surface area contributed by atoms with Crippen molar-refractivity contribution in [2.75, 3.05) is 18.5 Å². The lowest BCUT2D eigenvalue weighted by Crippen LogP contribution is -2.55. The lowest BCUT2D eigenvalue weighted by atomic mass is 9.92. The van der Waals surface area contributed by atoms with Gasteiger partial charge in [0.05, 0.1) is 5.69 Å². The number of benzene rings is 1. The Hall–Kier alpha value is -1.76. The SMILES string of the molecule is CCCN1C(=O)Nc2ccc(C(C)C)cc2C1(C)OCC(F)(F)F. The zero-order valence-corrected chi connectivity index (χ0v) is 14.3. The molecule has 1 heterocycles. The molecule has 1 atom stereocenters. The second kappa shape index (κ2) is 6.63. The second-order valence-corrected chi connectivity index (χ2v) is 6.43. The van der Waals surface area contributed by atoms with E-state index in [4.69, 9.17) is 4.74 Å². The minimum Gasteiger partial charge on any atom is -0.342 e. The minimum atomic E-state index is -4.47. The summed E-state index contributed by atoms with van der Waals surface area (Å²) in [6.07, 6.45) is -3.86. The molecule has 1 aromatic rings. The lowest BCUT2D eigenvalue weighted by molar-refractivity contribution is -0.231. The number of anilines is 1. The van der Waals surface area contributed by atoms with E-state index in [1.807, 2.05) is 32.9 Å². The van der Waals surface area contributed by atoms with Crippen molar-refractivity contribution in [3.8, 4) is 0 Å². The largest absolute Gasteiger partial charge is 0.411 e. The van der Waals surface area contributed by atoms with Crippen molar-refractivity contribution >= 4 is 11.7 Å². The maximum absolute atomic E-state index is 12.7. The van der Waals surface area contributed by atoms with E-state index < -0.39 is 24.5 Å². The molecule has 0 bridgehead atoms. The van der Waals surface area contributed by atoms with Crippen LogP contribution < -0.4 is 5.32 Å². The number of nitrogens with zero attached hydrogens (tertiary/aromatic N) is 1. The molecular formula is C17H23F3N2O2. The molecule has 0 saturated heterocycles. The van der Waals surface area contributed by atoms with Crippen molar-refractivity contribution in [2.45, 2.75) is 51.9 Å². The number of hydrogen-bond acceptors (Lipinski definition) is 2. The van der Waals surface area contributed by atoms with Crippen LogP contribution in [0.2, 0.25) is 0 Å². The Morgan fingerprint density at radius 1 is 1.33 bits per heavy atom. The first kappa shape index (κ1) is 18.6. The van der Waals surface area contributed by atoms with Crippen molar-refractivity contribution < 1.29 is 22.7 Å². The number of hydrogen-bond donors (Lipinski definition) is 1. The topological polar surface area (TPSA) is 41.6 Å². The fourth-order valence-corrected chi connectivity index (χ4v) is 2.85. The van der Waals surface area contributed by atoms with Gasteiger partial charge < -0.3 is 10.1 Å². The van der Waals surface area contributed by atoms with E-state index in [0.717, 1.165) is 5.56 Å². The summed E-state index contributed by atoms with van der Waals surface area (Å²) in [7, 11) is 0. The summed E-state index contributed by atoms with van der Waals surface area (Å²) in [5, 5.41) is 2.74. The standard InChI is InChI=1S/C17H23F3N2O2/c1-5-8-22-15(23)21-14-7-6-12(11(2)3)9-13(14)16(22,4)24-10-17(18,19)20/h6-7,9,11H,5,8,10H2,1-4H3,(H,21,23). The van der Waals surface area contributed by atoms with Crippen molar-refractivity contribution in [2.24, 2.45) is 0 Å². The third-order valence-corrected chi connectivity index (χ3v) is 4.18. The Bertz CT molecular complexity index is 616. The second-order valence-electron chi connectivity index (χ2n) is 6.43. The zero-order chi connectivity index (χ0) is 18.1. The number of alkyl halides is 3. The van der Waals surface area contributed by atoms with Crippen molar-refractivity contribution in [1.29, 1.82) is 0 Å². The molecule has 1 N–H and O–H groups in total. The van der Waals surface area contributed by atoms with Gasteiger partial charge in [-0.05, 0) is 37.0 Å². The molecule has 0 radical (unpaired) electrons. The number of nitrogens with one attached hydrogen (secondary N) is 1. The molecule has 0 aromatic heterocycles. The normalized spacial score (nSPS) is 21.0. The highest BCUT2D eigenvalue weighted by molar-refractivity contribution is 5.93. The molecule has 24 heavy (non-hydrogen) atoms. The van der Waals surface area contributed by atoms with Gasteiger partial charge >= 0.3 is 12.2 Å². The smallest absolute Gasteiger partial charge is 0.342 e. The molecular weight excluding hydrogens is 321 g/mol. The van der Waals surface area contributed by atoms with Crippen LogP contribution in [-0.2, 0) is 10.5 Å². The maximum Gasteiger partial charge on any atom is 0.411 e. The first-order valence-corrected chi connectivity index (χ1v) is 8.02. The Morgan fingerprint density at radius 2 is 2.00 bits per heavy atom. The number of rotatable bonds is 5. The molecule has 2 amide bonds. The van der Waals surface area contributed by atoms with E-state index in [9.17, 15) is 18.0 Å². The molecule has 1 aromatic carbocycles. The molecule has 4 nitrogen and oxygen atoms in total. The first-order valence-electron chi connectivity index (χ1n) is 8.02. The van der Waals surface area contributed by atoms with Gasteiger partial charge in [-0.25, -0.2) is 4.79 Å². The highest BCUT2D eigenvalue weighted by Crippen LogP contribution is 2.41. The van der Waals surface area contributed by atoms with Gasteiger partial charge in [-0.3, -0.25) is 4.90 Å². The van der Waals surface area contributed by atoms with Crippen LogP contribution in [0.25, 0.3) is 0 Å². The van der Waals surface area contributed by atoms with Crippen LogP contribution >= 0.6 is 0 Å². The fourth-order valence-electron chi connectivity index (χ4n) is 2.85. The maximum atomic E-state index is 12.7. The molecule has 1 aliphatic rings. The van der Waals surface area contributed by atoms with Crippen molar-refractivity contribution in [3.63, 3.8) is 0 Å². The summed E-state index contributed by atoms with van der Waals surface area (Å²) in [6, 6.07) is 4.95. The summed E-state index contributed by atoms with van der Waals surface area (Å²) in [6.45, 7) is 6.27. The summed E-state index contributed by atoms with van der Waals surface area (Å²) >= 11 is 0. The molecule has 134 valence electrons. The van der Waals surface area contributed by atoms with Gasteiger partial charge in [0.1, 0.15) is 6.61 Å². The van der Waals surface area contributed by atoms with Crippen LogP contribution in [0.3, 0.4) is 0 Å². The zero-order valence-electron chi connectivity index (χ0n) is 14.3. The number of amides is 2. The van der Waals surface area contributed by atoms with E-state index in [1.54, 1.807) is 6.07 Å². The molecule has 1 unspecified atom stereocenters. The Kier molecular flexibility index (Phi) is 5.13. The quantitative estimate of drug-likeness (QED) is 0.832. The predicted molar refractivity (Wildman–Crippen MR) is 85.9 cm³/mol. The van der Waals surface area contributed by atoms with Crippen molar-refractivity contribution in [1.82, 2.24) is 4.90 Å². The van der Waals surface area contributed by atoms with E-state index in [2.05, 4.69) is 5.32 Å². The van der Waals surface area contributed by atoms with Crippen LogP contribution in [0, 0.1) is 0 Å². The number of halogens is 3. The fraction of sp³-hybridized carbons (Fsp3) is 0.588. The van der Waals surface area contributed by atoms with Gasteiger partial charge in [0.15, 0.2) is 5.72 Å². The number of carbonyl (C=O) groups is 1. The highest BCUT2D eigenvalue weighted by Gasteiger charge is 2.45. The van der Waals surface area contributed by atoms with Crippen molar-refractivity contribution in [3.05, 3.63) is 29.3 Å². The van der Waals surface area contributed by atoms with Gasteiger partial charge in [-0.15, -0.1) is 0 Å². The Balaban J connectivity index is 2.52. The van der Waals surface area contributed by atoms with Gasteiger partial charge in [0.25, 0.3) is 0 Å². The van der Waals surface area contributed by atoms with Crippen LogP contribution in [-0.4, -0.2) is 30.3 Å². The summed E-state index contributed by atoms with van der Waals surface area (Å²) in [5.74, 6) is 0.208. The molecule has 0 spiro atoms. The van der Waals surface area contributed by atoms with Gasteiger partial charge in [-0.1, -0.05) is 26.8 Å². The van der Waals surface area contributed by atoms with Gasteiger partial charge in [-0.2, -0.15) is 13.2 Å². The average Bonchev–Trinajstić information content (AvgIpc) is 2.48. The lowest BCUT2D eigenvalue weighted by Gasteiger charge is -2.45. The monoisotopic (exact) mass is 344 g/mol. The molecule has 0 fully saturated rings. The predicted octanol–water partition coefficient (Wildman–Crippen LogP) is 4.82. The number of urea groups is 1. The minimum absolute atomic E-state index is 0.208. The summed E-state index contributed by atoms with van der Waals surface area (Å²) < 4.78 is 43.5. The van der Waals surface area contributed by atoms with E-state index in [0.29, 0.717) is 24.2 Å². The summed E-state index contributed by atoms with van der Waals surface area (Å²) in [4.78, 5) is 13.7. The van der Waals surface area contributed by atoms with Crippen LogP contribution in [0.5, 0.6) is 0 Å². The molecule has 0 aliphatic carbocycles. The van der Waals surface area contributed by atoms with E-state index in [1.165, 1.54) is 11.8 Å². The van der Waals surface area contributed by atoms with E-state index in [-0.39, 0.29) is 5.92 Å². The average molecular weight is 344 g/mol. The van der Waals surface area contributed by atoms with Gasteiger partial charge in [0, 0.05) is 12.1 Å². The first-order chi connectivity index (χ1) is 11.1. The molecule has 2 rings (SSSR count). The Labute approximate surface area is 140 Å². The highest BCUT2D eigenvalue weighted by atomic mass is 19.4.